The topological polar surface area (TPSA) is 61.4 Å². The van der Waals surface area contributed by atoms with E-state index in [0.29, 0.717) is 12.5 Å². The minimum Gasteiger partial charge on any atom is -0.314 e. The first-order valence-electron chi connectivity index (χ1n) is 7.82. The Hall–Kier alpha value is -0.170. The van der Waals surface area contributed by atoms with E-state index in [1.54, 1.807) is 0 Å². The van der Waals surface area contributed by atoms with E-state index in [9.17, 15) is 8.42 Å². The standard InChI is InChI=1S/C14H31N3O2S/c1-13(2)5-4-6-14(3)16-20(18,19)12-11-17-9-7-15-8-10-17/h13-16H,4-12H2,1-3H3. The Kier molecular flexibility index (Phi) is 8.02. The summed E-state index contributed by atoms with van der Waals surface area (Å²) < 4.78 is 26.9. The van der Waals surface area contributed by atoms with Crippen LogP contribution in [0.15, 0.2) is 0 Å². The van der Waals surface area contributed by atoms with E-state index in [0.717, 1.165) is 45.4 Å². The SMILES string of the molecule is CC(C)CCCC(C)NS(=O)(=O)CCN1CCNCC1. The number of piperazine rings is 1. The van der Waals surface area contributed by atoms with Gasteiger partial charge < -0.3 is 5.32 Å². The summed E-state index contributed by atoms with van der Waals surface area (Å²) in [5, 5.41) is 3.27. The van der Waals surface area contributed by atoms with E-state index in [1.807, 2.05) is 6.92 Å². The molecule has 0 aromatic heterocycles. The van der Waals surface area contributed by atoms with Gasteiger partial charge >= 0.3 is 0 Å². The zero-order valence-electron chi connectivity index (χ0n) is 13.2. The van der Waals surface area contributed by atoms with Crippen LogP contribution in [0.25, 0.3) is 0 Å². The van der Waals surface area contributed by atoms with Gasteiger partial charge in [0.1, 0.15) is 0 Å². The predicted molar refractivity (Wildman–Crippen MR) is 84.4 cm³/mol. The van der Waals surface area contributed by atoms with Gasteiger partial charge in [0.25, 0.3) is 0 Å². The minimum atomic E-state index is -3.14. The van der Waals surface area contributed by atoms with Crippen LogP contribution in [-0.2, 0) is 10.0 Å². The van der Waals surface area contributed by atoms with Gasteiger partial charge in [0, 0.05) is 38.8 Å². The molecule has 0 aliphatic carbocycles. The molecule has 6 heteroatoms. The van der Waals surface area contributed by atoms with Crippen molar-refractivity contribution in [3.8, 4) is 0 Å². The van der Waals surface area contributed by atoms with Gasteiger partial charge in [-0.15, -0.1) is 0 Å². The Morgan fingerprint density at radius 2 is 1.80 bits per heavy atom. The number of sulfonamides is 1. The van der Waals surface area contributed by atoms with Crippen LogP contribution >= 0.6 is 0 Å². The highest BCUT2D eigenvalue weighted by Crippen LogP contribution is 2.09. The second-order valence-corrected chi connectivity index (χ2v) is 8.13. The number of nitrogens with zero attached hydrogens (tertiary/aromatic N) is 1. The van der Waals surface area contributed by atoms with Crippen molar-refractivity contribution in [2.45, 2.75) is 46.1 Å². The summed E-state index contributed by atoms with van der Waals surface area (Å²) in [5.41, 5.74) is 0. The van der Waals surface area contributed by atoms with Crippen LogP contribution in [-0.4, -0.2) is 57.8 Å². The minimum absolute atomic E-state index is 0.0433. The van der Waals surface area contributed by atoms with Crippen LogP contribution in [0.2, 0.25) is 0 Å². The molecule has 1 rings (SSSR count). The average Bonchev–Trinajstić information content (AvgIpc) is 2.37. The van der Waals surface area contributed by atoms with Gasteiger partial charge in [0.05, 0.1) is 5.75 Å². The summed E-state index contributed by atoms with van der Waals surface area (Å²) >= 11 is 0. The summed E-state index contributed by atoms with van der Waals surface area (Å²) in [4.78, 5) is 2.21. The molecule has 0 radical (unpaired) electrons. The Bertz CT molecular complexity index is 351. The second kappa shape index (κ2) is 8.97. The van der Waals surface area contributed by atoms with Gasteiger partial charge in [-0.3, -0.25) is 4.90 Å². The molecule has 1 saturated heterocycles. The summed E-state index contributed by atoms with van der Waals surface area (Å²) in [6.45, 7) is 10.8. The van der Waals surface area contributed by atoms with Crippen molar-refractivity contribution in [1.29, 1.82) is 0 Å². The summed E-state index contributed by atoms with van der Waals surface area (Å²) in [6, 6.07) is 0.0433. The third kappa shape index (κ3) is 8.19. The molecule has 1 atom stereocenters. The molecule has 1 fully saturated rings. The number of rotatable bonds is 9. The molecule has 2 N–H and O–H groups in total. The Morgan fingerprint density at radius 3 is 2.40 bits per heavy atom. The molecule has 1 unspecified atom stereocenters. The number of nitrogens with one attached hydrogen (secondary N) is 2. The summed E-state index contributed by atoms with van der Waals surface area (Å²) in [7, 11) is -3.14. The molecule has 1 heterocycles. The van der Waals surface area contributed by atoms with E-state index in [1.165, 1.54) is 0 Å². The fourth-order valence-electron chi connectivity index (χ4n) is 2.44. The molecule has 5 nitrogen and oxygen atoms in total. The highest BCUT2D eigenvalue weighted by atomic mass is 32.2. The first kappa shape index (κ1) is 17.9. The maximum atomic E-state index is 12.0. The molecule has 1 aliphatic heterocycles. The van der Waals surface area contributed by atoms with Crippen LogP contribution < -0.4 is 10.0 Å². The molecule has 0 bridgehead atoms. The van der Waals surface area contributed by atoms with Gasteiger partial charge in [-0.25, -0.2) is 13.1 Å². The van der Waals surface area contributed by atoms with Crippen molar-refractivity contribution in [1.82, 2.24) is 14.9 Å². The lowest BCUT2D eigenvalue weighted by atomic mass is 10.0. The maximum Gasteiger partial charge on any atom is 0.213 e. The van der Waals surface area contributed by atoms with Crippen LogP contribution in [0.3, 0.4) is 0 Å². The third-order valence-corrected chi connectivity index (χ3v) is 5.17. The zero-order chi connectivity index (χ0) is 15.0. The van der Waals surface area contributed by atoms with Crippen LogP contribution in [0.1, 0.15) is 40.0 Å². The van der Waals surface area contributed by atoms with Crippen molar-refractivity contribution in [2.75, 3.05) is 38.5 Å². The molecule has 0 spiro atoms. The first-order chi connectivity index (χ1) is 9.39. The first-order valence-corrected chi connectivity index (χ1v) is 9.47. The molecule has 20 heavy (non-hydrogen) atoms. The van der Waals surface area contributed by atoms with Crippen molar-refractivity contribution >= 4 is 10.0 Å². The van der Waals surface area contributed by atoms with Crippen molar-refractivity contribution in [3.63, 3.8) is 0 Å². The highest BCUT2D eigenvalue weighted by Gasteiger charge is 2.17. The number of hydrogen-bond donors (Lipinski definition) is 2. The Balaban J connectivity index is 2.22. The average molecular weight is 305 g/mol. The van der Waals surface area contributed by atoms with Crippen LogP contribution in [0, 0.1) is 5.92 Å². The second-order valence-electron chi connectivity index (χ2n) is 6.25. The van der Waals surface area contributed by atoms with Gasteiger partial charge in [-0.2, -0.15) is 0 Å². The molecule has 1 aliphatic rings. The van der Waals surface area contributed by atoms with Gasteiger partial charge in [-0.05, 0) is 19.3 Å². The van der Waals surface area contributed by atoms with Gasteiger partial charge in [0.15, 0.2) is 0 Å². The lowest BCUT2D eigenvalue weighted by Gasteiger charge is -2.27. The zero-order valence-corrected chi connectivity index (χ0v) is 14.0. The monoisotopic (exact) mass is 305 g/mol. The van der Waals surface area contributed by atoms with E-state index >= 15 is 0 Å². The van der Waals surface area contributed by atoms with Crippen LogP contribution in [0.4, 0.5) is 0 Å². The quantitative estimate of drug-likeness (QED) is 0.668. The Morgan fingerprint density at radius 1 is 1.15 bits per heavy atom. The van der Waals surface area contributed by atoms with E-state index < -0.39 is 10.0 Å². The van der Waals surface area contributed by atoms with E-state index in [-0.39, 0.29) is 11.8 Å². The highest BCUT2D eigenvalue weighted by molar-refractivity contribution is 7.89. The molecule has 0 saturated carbocycles. The van der Waals surface area contributed by atoms with Gasteiger partial charge in [-0.1, -0.05) is 26.7 Å². The molecular formula is C14H31N3O2S. The summed E-state index contributed by atoms with van der Waals surface area (Å²) in [6.07, 6.45) is 3.16. The lowest BCUT2D eigenvalue weighted by Crippen LogP contribution is -2.46. The largest absolute Gasteiger partial charge is 0.314 e. The van der Waals surface area contributed by atoms with Crippen molar-refractivity contribution in [2.24, 2.45) is 5.92 Å². The lowest BCUT2D eigenvalue weighted by molar-refractivity contribution is 0.253. The van der Waals surface area contributed by atoms with Crippen LogP contribution in [0.5, 0.6) is 0 Å². The van der Waals surface area contributed by atoms with Crippen molar-refractivity contribution in [3.05, 3.63) is 0 Å². The number of hydrogen-bond acceptors (Lipinski definition) is 4. The van der Waals surface area contributed by atoms with E-state index in [4.69, 9.17) is 0 Å². The predicted octanol–water partition coefficient (Wildman–Crippen LogP) is 1.03. The maximum absolute atomic E-state index is 12.0. The van der Waals surface area contributed by atoms with Gasteiger partial charge in [0.2, 0.25) is 10.0 Å². The smallest absolute Gasteiger partial charge is 0.213 e. The fraction of sp³-hybridized carbons (Fsp3) is 1.00. The van der Waals surface area contributed by atoms with Crippen molar-refractivity contribution < 1.29 is 8.42 Å². The molecule has 0 aromatic carbocycles. The molecule has 0 aromatic rings. The molecular weight excluding hydrogens is 274 g/mol. The Labute approximate surface area is 124 Å². The third-order valence-electron chi connectivity index (χ3n) is 3.69. The normalized spacial score (nSPS) is 19.4. The molecule has 120 valence electrons. The van der Waals surface area contributed by atoms with E-state index in [2.05, 4.69) is 28.8 Å². The molecule has 0 amide bonds. The summed E-state index contributed by atoms with van der Waals surface area (Å²) in [5.74, 6) is 0.896. The fourth-order valence-corrected chi connectivity index (χ4v) is 3.79.